The van der Waals surface area contributed by atoms with Crippen LogP contribution in [0.25, 0.3) is 0 Å². The van der Waals surface area contributed by atoms with Gasteiger partial charge in [0.1, 0.15) is 0 Å². The van der Waals surface area contributed by atoms with Crippen LogP contribution in [0.15, 0.2) is 12.3 Å². The van der Waals surface area contributed by atoms with Crippen LogP contribution in [0.2, 0.25) is 0 Å². The normalized spacial score (nSPS) is 16.5. The van der Waals surface area contributed by atoms with Crippen LogP contribution in [0.4, 0.5) is 0 Å². The van der Waals surface area contributed by atoms with Crippen molar-refractivity contribution in [3.05, 3.63) is 12.3 Å². The van der Waals surface area contributed by atoms with Crippen molar-refractivity contribution in [2.75, 3.05) is 6.54 Å². The van der Waals surface area contributed by atoms with Gasteiger partial charge in [-0.2, -0.15) is 0 Å². The Bertz CT molecular complexity index is 368. The number of hydrogen-bond acceptors (Lipinski definition) is 1. The third-order valence-electron chi connectivity index (χ3n) is 6.23. The zero-order chi connectivity index (χ0) is 18.0. The number of rotatable bonds is 8. The van der Waals surface area contributed by atoms with Crippen LogP contribution in [-0.4, -0.2) is 6.54 Å². The highest BCUT2D eigenvalue weighted by molar-refractivity contribution is 5.16. The minimum Gasteiger partial charge on any atom is -0.388 e. The van der Waals surface area contributed by atoms with Gasteiger partial charge in [0, 0.05) is 17.7 Å². The van der Waals surface area contributed by atoms with Crippen LogP contribution in [0, 0.1) is 27.6 Å². The topological polar surface area (TPSA) is 12.0 Å². The third kappa shape index (κ3) is 4.77. The molecule has 1 atom stereocenters. The molecule has 1 heteroatoms. The predicted octanol–water partition coefficient (Wildman–Crippen LogP) is 6.65. The van der Waals surface area contributed by atoms with Crippen LogP contribution in [0.5, 0.6) is 0 Å². The molecule has 0 aliphatic carbocycles. The Morgan fingerprint density at radius 3 is 1.73 bits per heavy atom. The van der Waals surface area contributed by atoms with Gasteiger partial charge in [-0.1, -0.05) is 89.2 Å². The molecule has 1 unspecified atom stereocenters. The number of hydrogen-bond donors (Lipinski definition) is 1. The van der Waals surface area contributed by atoms with Gasteiger partial charge in [-0.15, -0.1) is 0 Å². The Morgan fingerprint density at radius 2 is 1.41 bits per heavy atom. The second-order valence-electron chi connectivity index (χ2n) is 10.2. The van der Waals surface area contributed by atoms with Gasteiger partial charge in [0.25, 0.3) is 0 Å². The second kappa shape index (κ2) is 6.97. The van der Waals surface area contributed by atoms with Gasteiger partial charge in [-0.3, -0.25) is 0 Å². The summed E-state index contributed by atoms with van der Waals surface area (Å²) >= 11 is 0. The minimum atomic E-state index is 0.0552. The van der Waals surface area contributed by atoms with E-state index in [0.29, 0.717) is 5.92 Å². The summed E-state index contributed by atoms with van der Waals surface area (Å²) in [5, 5.41) is 3.65. The fourth-order valence-electron chi connectivity index (χ4n) is 3.48. The molecule has 0 saturated carbocycles. The zero-order valence-corrected chi connectivity index (χ0v) is 17.4. The van der Waals surface area contributed by atoms with Gasteiger partial charge in [-0.05, 0) is 28.6 Å². The highest BCUT2D eigenvalue weighted by Gasteiger charge is 2.52. The molecule has 0 radical (unpaired) electrons. The van der Waals surface area contributed by atoms with E-state index < -0.39 is 0 Å². The van der Waals surface area contributed by atoms with Crippen LogP contribution in [0.3, 0.4) is 0 Å². The monoisotopic (exact) mass is 309 g/mol. The maximum absolute atomic E-state index is 4.49. The van der Waals surface area contributed by atoms with Crippen LogP contribution < -0.4 is 5.32 Å². The summed E-state index contributed by atoms with van der Waals surface area (Å²) in [6, 6.07) is 0. The van der Waals surface area contributed by atoms with E-state index in [4.69, 9.17) is 0 Å². The van der Waals surface area contributed by atoms with E-state index in [1.165, 1.54) is 12.1 Å². The largest absolute Gasteiger partial charge is 0.388 e. The molecule has 0 spiro atoms. The molecule has 0 saturated heterocycles. The third-order valence-corrected chi connectivity index (χ3v) is 6.23. The maximum atomic E-state index is 4.49. The molecule has 1 N–H and O–H groups in total. The molecule has 0 heterocycles. The Hall–Kier alpha value is -0.460. The molecule has 0 aromatic heterocycles. The van der Waals surface area contributed by atoms with E-state index in [0.717, 1.165) is 13.0 Å². The molecule has 0 bridgehead atoms. The van der Waals surface area contributed by atoms with E-state index in [2.05, 4.69) is 88.1 Å². The quantitative estimate of drug-likeness (QED) is 0.529. The molecular weight excluding hydrogens is 266 g/mol. The standard InChI is InChI=1S/C21H43N/c1-13-19(8,9)20(10,11)21(12,15-18(5,6)7)17(4)22-14-16(2)3/h16,22H,4,13-15H2,1-3,5-12H3. The molecule has 0 aliphatic rings. The first kappa shape index (κ1) is 21.5. The van der Waals surface area contributed by atoms with Crippen molar-refractivity contribution in [2.45, 2.75) is 89.0 Å². The van der Waals surface area contributed by atoms with Gasteiger partial charge >= 0.3 is 0 Å². The Morgan fingerprint density at radius 1 is 0.955 bits per heavy atom. The Balaban J connectivity index is 5.76. The molecule has 132 valence electrons. The van der Waals surface area contributed by atoms with Gasteiger partial charge in [0.15, 0.2) is 0 Å². The van der Waals surface area contributed by atoms with E-state index in [9.17, 15) is 0 Å². The van der Waals surface area contributed by atoms with E-state index in [1.807, 2.05) is 0 Å². The molecule has 0 rings (SSSR count). The highest BCUT2D eigenvalue weighted by Crippen LogP contribution is 2.59. The van der Waals surface area contributed by atoms with Crippen LogP contribution in [0.1, 0.15) is 89.0 Å². The van der Waals surface area contributed by atoms with Crippen molar-refractivity contribution in [3.8, 4) is 0 Å². The number of allylic oxidation sites excluding steroid dienone is 1. The van der Waals surface area contributed by atoms with Crippen molar-refractivity contribution < 1.29 is 0 Å². The van der Waals surface area contributed by atoms with Crippen molar-refractivity contribution in [1.29, 1.82) is 0 Å². The second-order valence-corrected chi connectivity index (χ2v) is 10.2. The smallest absolute Gasteiger partial charge is 0.0167 e. The molecule has 0 aromatic carbocycles. The summed E-state index contributed by atoms with van der Waals surface area (Å²) < 4.78 is 0. The van der Waals surface area contributed by atoms with E-state index in [-0.39, 0.29) is 21.7 Å². The van der Waals surface area contributed by atoms with Gasteiger partial charge in [0.2, 0.25) is 0 Å². The highest BCUT2D eigenvalue weighted by atomic mass is 14.9. The lowest BCUT2D eigenvalue weighted by atomic mass is 9.49. The summed E-state index contributed by atoms with van der Waals surface area (Å²) in [6.45, 7) is 31.4. The first-order valence-electron chi connectivity index (χ1n) is 9.04. The van der Waals surface area contributed by atoms with Gasteiger partial charge in [0.05, 0.1) is 0 Å². The number of nitrogens with one attached hydrogen (secondary N) is 1. The first-order chi connectivity index (χ1) is 9.60. The molecule has 0 fully saturated rings. The fraction of sp³-hybridized carbons (Fsp3) is 0.905. The zero-order valence-electron chi connectivity index (χ0n) is 17.4. The average Bonchev–Trinajstić information content (AvgIpc) is 2.32. The van der Waals surface area contributed by atoms with E-state index >= 15 is 0 Å². The van der Waals surface area contributed by atoms with Crippen molar-refractivity contribution >= 4 is 0 Å². The molecule has 1 nitrogen and oxygen atoms in total. The summed E-state index contributed by atoms with van der Waals surface area (Å²) in [5.41, 5.74) is 1.96. The van der Waals surface area contributed by atoms with Crippen LogP contribution in [-0.2, 0) is 0 Å². The predicted molar refractivity (Wildman–Crippen MR) is 102 cm³/mol. The Labute approximate surface area is 141 Å². The van der Waals surface area contributed by atoms with Crippen LogP contribution >= 0.6 is 0 Å². The first-order valence-corrected chi connectivity index (χ1v) is 9.04. The summed E-state index contributed by atoms with van der Waals surface area (Å²) in [6.07, 6.45) is 2.32. The van der Waals surface area contributed by atoms with E-state index in [1.54, 1.807) is 0 Å². The van der Waals surface area contributed by atoms with Gasteiger partial charge < -0.3 is 5.32 Å². The Kier molecular flexibility index (Phi) is 6.83. The molecule has 0 amide bonds. The minimum absolute atomic E-state index is 0.0552. The molecule has 0 aliphatic heterocycles. The fourth-order valence-corrected chi connectivity index (χ4v) is 3.48. The van der Waals surface area contributed by atoms with Crippen molar-refractivity contribution in [2.24, 2.45) is 27.6 Å². The maximum Gasteiger partial charge on any atom is 0.0167 e. The summed E-state index contributed by atoms with van der Waals surface area (Å²) in [5.74, 6) is 0.637. The molecule has 0 aromatic rings. The summed E-state index contributed by atoms with van der Waals surface area (Å²) in [4.78, 5) is 0. The van der Waals surface area contributed by atoms with Gasteiger partial charge in [-0.25, -0.2) is 0 Å². The van der Waals surface area contributed by atoms with Crippen molar-refractivity contribution in [3.63, 3.8) is 0 Å². The van der Waals surface area contributed by atoms with Crippen molar-refractivity contribution in [1.82, 2.24) is 5.32 Å². The average molecular weight is 310 g/mol. The lowest BCUT2D eigenvalue weighted by molar-refractivity contribution is -0.0363. The lowest BCUT2D eigenvalue weighted by Gasteiger charge is -2.56. The lowest BCUT2D eigenvalue weighted by Crippen LogP contribution is -2.51. The molecular formula is C21H43N. The summed E-state index contributed by atoms with van der Waals surface area (Å²) in [7, 11) is 0. The molecule has 22 heavy (non-hydrogen) atoms. The SMILES string of the molecule is C=C(NCC(C)C)C(C)(CC(C)(C)C)C(C)(C)C(C)(C)CC.